The molecule has 1 saturated carbocycles. The predicted molar refractivity (Wildman–Crippen MR) is 71.9 cm³/mol. The van der Waals surface area contributed by atoms with E-state index >= 15 is 0 Å². The van der Waals surface area contributed by atoms with Crippen molar-refractivity contribution in [3.63, 3.8) is 0 Å². The van der Waals surface area contributed by atoms with E-state index in [4.69, 9.17) is 10.00 Å². The topological polar surface area (TPSA) is 99.4 Å². The fourth-order valence-corrected chi connectivity index (χ4v) is 2.51. The largest absolute Gasteiger partial charge is 0.480 e. The monoisotopic (exact) mass is 282 g/mol. The average Bonchev–Trinajstić information content (AvgIpc) is 2.33. The molecule has 1 amide bonds. The van der Waals surface area contributed by atoms with Crippen molar-refractivity contribution in [3.8, 4) is 6.07 Å². The van der Waals surface area contributed by atoms with Crippen molar-refractivity contribution in [2.24, 2.45) is 11.8 Å². The molecule has 1 aliphatic carbocycles. The SMILES string of the molecule is CC(C)(C)OC(=O)NC(C(=O)O)C1CCCCC1C#N. The van der Waals surface area contributed by atoms with Crippen LogP contribution in [-0.2, 0) is 9.53 Å². The number of rotatable bonds is 3. The number of nitriles is 1. The molecule has 1 rings (SSSR count). The molecule has 0 aromatic rings. The van der Waals surface area contributed by atoms with E-state index in [1.807, 2.05) is 0 Å². The minimum Gasteiger partial charge on any atom is -0.480 e. The van der Waals surface area contributed by atoms with E-state index in [1.165, 1.54) is 0 Å². The third-order valence-corrected chi connectivity index (χ3v) is 3.35. The molecule has 3 unspecified atom stereocenters. The van der Waals surface area contributed by atoms with Crippen LogP contribution in [0.4, 0.5) is 4.79 Å². The van der Waals surface area contributed by atoms with Gasteiger partial charge in [0.2, 0.25) is 0 Å². The third-order valence-electron chi connectivity index (χ3n) is 3.35. The van der Waals surface area contributed by atoms with Crippen LogP contribution in [0.25, 0.3) is 0 Å². The molecule has 2 N–H and O–H groups in total. The summed E-state index contributed by atoms with van der Waals surface area (Å²) in [4.78, 5) is 23.1. The number of aliphatic carboxylic acids is 1. The number of alkyl carbamates (subject to hydrolysis) is 1. The second kappa shape index (κ2) is 6.60. The summed E-state index contributed by atoms with van der Waals surface area (Å²) in [7, 11) is 0. The maximum Gasteiger partial charge on any atom is 0.408 e. The van der Waals surface area contributed by atoms with Gasteiger partial charge in [-0.05, 0) is 33.6 Å². The molecule has 0 spiro atoms. The van der Waals surface area contributed by atoms with E-state index in [9.17, 15) is 14.7 Å². The van der Waals surface area contributed by atoms with Crippen LogP contribution in [0.2, 0.25) is 0 Å². The highest BCUT2D eigenvalue weighted by atomic mass is 16.6. The van der Waals surface area contributed by atoms with E-state index in [-0.39, 0.29) is 11.8 Å². The summed E-state index contributed by atoms with van der Waals surface area (Å²) in [5.74, 6) is -1.82. The first-order valence-corrected chi connectivity index (χ1v) is 6.86. The van der Waals surface area contributed by atoms with E-state index in [1.54, 1.807) is 20.8 Å². The number of carbonyl (C=O) groups excluding carboxylic acids is 1. The van der Waals surface area contributed by atoms with Crippen molar-refractivity contribution >= 4 is 12.1 Å². The molecule has 0 aromatic heterocycles. The van der Waals surface area contributed by atoms with Gasteiger partial charge in [-0.3, -0.25) is 0 Å². The quantitative estimate of drug-likeness (QED) is 0.827. The van der Waals surface area contributed by atoms with Gasteiger partial charge in [0.05, 0.1) is 12.0 Å². The number of hydrogen-bond donors (Lipinski definition) is 2. The zero-order valence-corrected chi connectivity index (χ0v) is 12.2. The summed E-state index contributed by atoms with van der Waals surface area (Å²) in [6.45, 7) is 5.13. The van der Waals surface area contributed by atoms with Crippen LogP contribution in [-0.4, -0.2) is 28.8 Å². The van der Waals surface area contributed by atoms with Gasteiger partial charge in [-0.15, -0.1) is 0 Å². The van der Waals surface area contributed by atoms with E-state index in [0.717, 1.165) is 12.8 Å². The van der Waals surface area contributed by atoms with Gasteiger partial charge in [-0.25, -0.2) is 9.59 Å². The minimum atomic E-state index is -1.12. The fourth-order valence-electron chi connectivity index (χ4n) is 2.51. The maximum atomic E-state index is 11.7. The molecule has 6 heteroatoms. The molecule has 6 nitrogen and oxygen atoms in total. The van der Waals surface area contributed by atoms with E-state index in [0.29, 0.717) is 12.8 Å². The average molecular weight is 282 g/mol. The summed E-state index contributed by atoms with van der Waals surface area (Å²) >= 11 is 0. The van der Waals surface area contributed by atoms with Crippen molar-refractivity contribution in [2.45, 2.75) is 58.1 Å². The van der Waals surface area contributed by atoms with E-state index in [2.05, 4.69) is 11.4 Å². The standard InChI is InChI=1S/C14H22N2O4/c1-14(2,3)20-13(19)16-11(12(17)18)10-7-5-4-6-9(10)8-15/h9-11H,4-7H2,1-3H3,(H,16,19)(H,17,18). The molecule has 1 aliphatic rings. The Kier molecular flexibility index (Phi) is 5.37. The van der Waals surface area contributed by atoms with Gasteiger partial charge in [0, 0.05) is 5.92 Å². The molecule has 0 aliphatic heterocycles. The lowest BCUT2D eigenvalue weighted by molar-refractivity contribution is -0.141. The molecule has 0 saturated heterocycles. The van der Waals surface area contributed by atoms with Crippen molar-refractivity contribution in [2.75, 3.05) is 0 Å². The normalized spacial score (nSPS) is 24.3. The molecule has 20 heavy (non-hydrogen) atoms. The Labute approximate surface area is 119 Å². The number of nitrogens with zero attached hydrogens (tertiary/aromatic N) is 1. The lowest BCUT2D eigenvalue weighted by Gasteiger charge is -2.32. The summed E-state index contributed by atoms with van der Waals surface area (Å²) in [6, 6.07) is 1.08. The highest BCUT2D eigenvalue weighted by Crippen LogP contribution is 2.32. The number of nitrogens with one attached hydrogen (secondary N) is 1. The summed E-state index contributed by atoms with van der Waals surface area (Å²) in [5.41, 5.74) is -0.686. The molecule has 3 atom stereocenters. The van der Waals surface area contributed by atoms with Crippen LogP contribution in [0.1, 0.15) is 46.5 Å². The molecule has 0 radical (unpaired) electrons. The summed E-state index contributed by atoms with van der Waals surface area (Å²) < 4.78 is 5.08. The Hall–Kier alpha value is -1.77. The smallest absolute Gasteiger partial charge is 0.408 e. The van der Waals surface area contributed by atoms with E-state index < -0.39 is 23.7 Å². The van der Waals surface area contributed by atoms with Crippen LogP contribution in [0.15, 0.2) is 0 Å². The second-order valence-electron chi connectivity index (χ2n) is 6.15. The van der Waals surface area contributed by atoms with Gasteiger partial charge in [0.1, 0.15) is 11.6 Å². The molecule has 0 bridgehead atoms. The van der Waals surface area contributed by atoms with Gasteiger partial charge in [-0.2, -0.15) is 5.26 Å². The number of carboxylic acid groups (broad SMARTS) is 1. The van der Waals surface area contributed by atoms with Crippen LogP contribution >= 0.6 is 0 Å². The Morgan fingerprint density at radius 1 is 1.35 bits per heavy atom. The molecular formula is C14H22N2O4. The number of ether oxygens (including phenoxy) is 1. The number of carbonyl (C=O) groups is 2. The highest BCUT2D eigenvalue weighted by Gasteiger charge is 2.37. The van der Waals surface area contributed by atoms with Crippen LogP contribution in [0.3, 0.4) is 0 Å². The van der Waals surface area contributed by atoms with Crippen molar-refractivity contribution in [3.05, 3.63) is 0 Å². The Morgan fingerprint density at radius 3 is 2.45 bits per heavy atom. The fraction of sp³-hybridized carbons (Fsp3) is 0.786. The maximum absolute atomic E-state index is 11.7. The number of hydrogen-bond acceptors (Lipinski definition) is 4. The Balaban J connectivity index is 2.76. The minimum absolute atomic E-state index is 0.334. The van der Waals surface area contributed by atoms with Gasteiger partial charge in [-0.1, -0.05) is 12.8 Å². The first kappa shape index (κ1) is 16.3. The van der Waals surface area contributed by atoms with Crippen LogP contribution < -0.4 is 5.32 Å². The summed E-state index contributed by atoms with van der Waals surface area (Å²) in [5, 5.41) is 20.8. The van der Waals surface area contributed by atoms with Crippen molar-refractivity contribution in [1.29, 1.82) is 5.26 Å². The highest BCUT2D eigenvalue weighted by molar-refractivity contribution is 5.80. The first-order valence-electron chi connectivity index (χ1n) is 6.86. The zero-order valence-electron chi connectivity index (χ0n) is 12.2. The van der Waals surface area contributed by atoms with Crippen LogP contribution in [0, 0.1) is 23.2 Å². The third kappa shape index (κ3) is 4.72. The van der Waals surface area contributed by atoms with Crippen LogP contribution in [0.5, 0.6) is 0 Å². The lowest BCUT2D eigenvalue weighted by atomic mass is 9.76. The molecule has 1 fully saturated rings. The number of carboxylic acids is 1. The van der Waals surface area contributed by atoms with Crippen molar-refractivity contribution < 1.29 is 19.4 Å². The zero-order chi connectivity index (χ0) is 15.3. The molecular weight excluding hydrogens is 260 g/mol. The number of amides is 1. The molecule has 0 heterocycles. The summed E-state index contributed by atoms with van der Waals surface area (Å²) in [6.07, 6.45) is 2.36. The first-order chi connectivity index (χ1) is 9.24. The van der Waals surface area contributed by atoms with Gasteiger partial charge >= 0.3 is 12.1 Å². The van der Waals surface area contributed by atoms with Gasteiger partial charge in [0.15, 0.2) is 0 Å². The van der Waals surface area contributed by atoms with Gasteiger partial charge in [0.25, 0.3) is 0 Å². The van der Waals surface area contributed by atoms with Gasteiger partial charge < -0.3 is 15.2 Å². The Morgan fingerprint density at radius 2 is 1.95 bits per heavy atom. The molecule has 112 valence electrons. The molecule has 0 aromatic carbocycles. The lowest BCUT2D eigenvalue weighted by Crippen LogP contribution is -2.50. The Bertz CT molecular complexity index is 408. The predicted octanol–water partition coefficient (Wildman–Crippen LogP) is 2.29. The second-order valence-corrected chi connectivity index (χ2v) is 6.15. The van der Waals surface area contributed by atoms with Crippen molar-refractivity contribution in [1.82, 2.24) is 5.32 Å².